The Hall–Kier alpha value is -0.980. The van der Waals surface area contributed by atoms with Crippen molar-refractivity contribution >= 4 is 0 Å². The first-order valence-corrected chi connectivity index (χ1v) is 26.6. The van der Waals surface area contributed by atoms with E-state index in [1.165, 1.54) is 96.3 Å². The summed E-state index contributed by atoms with van der Waals surface area (Å²) in [6, 6.07) is 0.530. The van der Waals surface area contributed by atoms with Crippen molar-refractivity contribution in [1.29, 1.82) is 0 Å². The van der Waals surface area contributed by atoms with Gasteiger partial charge in [0, 0.05) is 17.4 Å². The zero-order chi connectivity index (χ0) is 42.2. The van der Waals surface area contributed by atoms with Gasteiger partial charge in [0.15, 0.2) is 0 Å². The molecule has 5 nitrogen and oxygen atoms in total. The Labute approximate surface area is 370 Å². The van der Waals surface area contributed by atoms with Gasteiger partial charge in [0.1, 0.15) is 0 Å². The first kappa shape index (κ1) is 41.5. The van der Waals surface area contributed by atoms with Crippen molar-refractivity contribution in [3.05, 3.63) is 34.4 Å². The van der Waals surface area contributed by atoms with E-state index in [-0.39, 0.29) is 23.4 Å². The van der Waals surface area contributed by atoms with E-state index in [4.69, 9.17) is 9.47 Å². The van der Waals surface area contributed by atoms with Crippen LogP contribution in [0.2, 0.25) is 0 Å². The molecule has 61 heavy (non-hydrogen) atoms. The molecule has 10 fully saturated rings. The molecule has 22 atom stereocenters. The summed E-state index contributed by atoms with van der Waals surface area (Å²) in [6.45, 7) is 21.2. The molecule has 10 aliphatic carbocycles. The predicted molar refractivity (Wildman–Crippen MR) is 243 cm³/mol. The fourth-order valence-corrected chi connectivity index (χ4v) is 20.6. The van der Waals surface area contributed by atoms with Gasteiger partial charge in [-0.1, -0.05) is 83.8 Å². The third-order valence-corrected chi connectivity index (χ3v) is 24.1. The standard InChI is InChI=1S/C29H44O2.C27H41NO2/c1-17-5-7-21-18(2)29(31-25(21)13-17)12-10-23-22-8-6-19-14-20(30)9-11-26(19,3)24(22)15-28(23)16-27(28,29)4;1-15-11-24-25(28-14-15)17(3)27(30-24)10-8-20-21-6-5-18-12-19(29)7-9-26(18,4)23(21)13-22(20)16(27)2/h6,17-18,20-25,30H,5,7-16H2,1-4H3;5,15,17,19-21,23-25,28-29H,6-14H2,1-4H3/t17-,18-,20+,21+,22+,23+,24+,25-,26+,27?,28?,29-;15-,17+,19-,20-,21-,23-,24+,25-,26-,27-/m10/s1. The van der Waals surface area contributed by atoms with E-state index in [1.807, 2.05) is 0 Å². The molecule has 3 heterocycles. The van der Waals surface area contributed by atoms with Crippen LogP contribution in [-0.4, -0.2) is 58.4 Å². The third kappa shape index (κ3) is 5.43. The molecule has 7 saturated carbocycles. The molecule has 2 unspecified atom stereocenters. The zero-order valence-corrected chi connectivity index (χ0v) is 39.7. The zero-order valence-electron chi connectivity index (χ0n) is 39.7. The van der Waals surface area contributed by atoms with Gasteiger partial charge in [-0.2, -0.15) is 0 Å². The molecule has 5 heteroatoms. The molecular weight excluding hydrogens is 751 g/mol. The number of aliphatic hydroxyl groups is 2. The summed E-state index contributed by atoms with van der Waals surface area (Å²) in [5.41, 5.74) is 8.35. The van der Waals surface area contributed by atoms with Crippen molar-refractivity contribution in [2.75, 3.05) is 6.54 Å². The average Bonchev–Trinajstić information content (AvgIpc) is 3.54. The van der Waals surface area contributed by atoms with Crippen LogP contribution in [0.1, 0.15) is 177 Å². The monoisotopic (exact) mass is 836 g/mol. The SMILES string of the molecule is CC1=C2C[C@H]3[C@@H](CC=C4C[C@@H](O)CC[C@@]43C)[C@@H]2CC[C@]12O[C@@H]1C[C@H](C)CN[C@H]1[C@H]2C.C[C@@H]1CC[C@H]2[C@@H](C)[C@@]3(CC[C@H]4[C@@H]5CC=C6C[C@@H](O)CC[C@]6(C)[C@H]5CC45CC53C)O[C@@H]2C1. The minimum atomic E-state index is -0.111. The van der Waals surface area contributed by atoms with Crippen LogP contribution in [0.3, 0.4) is 0 Å². The summed E-state index contributed by atoms with van der Waals surface area (Å²) >= 11 is 0. The first-order chi connectivity index (χ1) is 29.1. The van der Waals surface area contributed by atoms with Gasteiger partial charge >= 0.3 is 0 Å². The number of piperidine rings is 1. The largest absolute Gasteiger partial charge is 0.393 e. The van der Waals surface area contributed by atoms with Gasteiger partial charge in [-0.3, -0.25) is 0 Å². The van der Waals surface area contributed by atoms with E-state index in [9.17, 15) is 10.2 Å². The molecule has 0 bridgehead atoms. The molecule has 3 N–H and O–H groups in total. The van der Waals surface area contributed by atoms with E-state index in [1.54, 1.807) is 22.3 Å². The van der Waals surface area contributed by atoms with Gasteiger partial charge in [0.25, 0.3) is 0 Å². The van der Waals surface area contributed by atoms with Gasteiger partial charge < -0.3 is 25.0 Å². The Bertz CT molecular complexity index is 1900. The van der Waals surface area contributed by atoms with E-state index in [0.717, 1.165) is 91.4 Å². The highest BCUT2D eigenvalue weighted by Crippen LogP contribution is 2.87. The van der Waals surface area contributed by atoms with Crippen molar-refractivity contribution in [3.63, 3.8) is 0 Å². The van der Waals surface area contributed by atoms with Crippen LogP contribution >= 0.6 is 0 Å². The van der Waals surface area contributed by atoms with Crippen LogP contribution in [0.15, 0.2) is 34.4 Å². The van der Waals surface area contributed by atoms with Crippen LogP contribution in [0, 0.1) is 86.8 Å². The fraction of sp³-hybridized carbons (Fsp3) is 0.893. The molecule has 0 amide bonds. The smallest absolute Gasteiger partial charge is 0.0937 e. The minimum Gasteiger partial charge on any atom is -0.393 e. The number of ether oxygens (including phenoxy) is 2. The summed E-state index contributed by atoms with van der Waals surface area (Å²) in [5, 5.41) is 24.5. The second-order valence-electron chi connectivity index (χ2n) is 26.1. The van der Waals surface area contributed by atoms with Crippen LogP contribution in [0.5, 0.6) is 0 Å². The van der Waals surface area contributed by atoms with Crippen molar-refractivity contribution in [1.82, 2.24) is 5.32 Å². The summed E-state index contributed by atoms with van der Waals surface area (Å²) in [6.07, 6.45) is 29.4. The number of fused-ring (bicyclic) bond motifs is 12. The molecule has 0 radical (unpaired) electrons. The Morgan fingerprint density at radius 1 is 0.656 bits per heavy atom. The van der Waals surface area contributed by atoms with Crippen LogP contribution in [0.4, 0.5) is 0 Å². The summed E-state index contributed by atoms with van der Waals surface area (Å²) in [4.78, 5) is 0. The number of rotatable bonds is 0. The van der Waals surface area contributed by atoms with E-state index >= 15 is 0 Å². The molecular formula is C56H85NO4. The summed E-state index contributed by atoms with van der Waals surface area (Å²) in [5.74, 6) is 8.71. The highest BCUT2D eigenvalue weighted by atomic mass is 16.5. The van der Waals surface area contributed by atoms with Gasteiger partial charge in [-0.15, -0.1) is 0 Å². The Kier molecular flexibility index (Phi) is 9.37. The molecule has 13 aliphatic rings. The maximum absolute atomic E-state index is 10.3. The highest BCUT2D eigenvalue weighted by molar-refractivity contribution is 5.39. The Morgan fingerprint density at radius 2 is 1.34 bits per heavy atom. The predicted octanol–water partition coefficient (Wildman–Crippen LogP) is 11.5. The van der Waals surface area contributed by atoms with Gasteiger partial charge in [0.2, 0.25) is 0 Å². The lowest BCUT2D eigenvalue weighted by Crippen LogP contribution is -2.50. The number of hydrogen-bond donors (Lipinski definition) is 3. The lowest BCUT2D eigenvalue weighted by atomic mass is 9.56. The number of aliphatic hydroxyl groups excluding tert-OH is 2. The second kappa shape index (κ2) is 13.8. The van der Waals surface area contributed by atoms with Crippen molar-refractivity contribution in [2.24, 2.45) is 86.8 Å². The van der Waals surface area contributed by atoms with E-state index < -0.39 is 0 Å². The van der Waals surface area contributed by atoms with Crippen LogP contribution in [-0.2, 0) is 9.47 Å². The topological polar surface area (TPSA) is 71.0 Å². The van der Waals surface area contributed by atoms with E-state index in [2.05, 4.69) is 72.9 Å². The minimum absolute atomic E-state index is 0.0222. The Morgan fingerprint density at radius 3 is 2.08 bits per heavy atom. The van der Waals surface area contributed by atoms with Gasteiger partial charge in [-0.05, 0) is 210 Å². The first-order valence-electron chi connectivity index (χ1n) is 26.6. The number of hydrogen-bond acceptors (Lipinski definition) is 5. The normalized spacial score (nSPS) is 59.6. The third-order valence-electron chi connectivity index (χ3n) is 24.1. The molecule has 3 spiro atoms. The lowest BCUT2D eigenvalue weighted by Gasteiger charge is -2.50. The molecule has 0 aromatic carbocycles. The quantitative estimate of drug-likeness (QED) is 0.212. The lowest BCUT2D eigenvalue weighted by molar-refractivity contribution is -0.147. The van der Waals surface area contributed by atoms with Crippen molar-refractivity contribution in [2.45, 2.75) is 219 Å². The summed E-state index contributed by atoms with van der Waals surface area (Å²) in [7, 11) is 0. The van der Waals surface area contributed by atoms with Crippen LogP contribution in [0.25, 0.3) is 0 Å². The fourth-order valence-electron chi connectivity index (χ4n) is 20.6. The molecule has 338 valence electrons. The average molecular weight is 836 g/mol. The molecule has 0 aromatic rings. The van der Waals surface area contributed by atoms with E-state index in [0.29, 0.717) is 45.8 Å². The second-order valence-corrected chi connectivity index (χ2v) is 26.1. The molecule has 3 saturated heterocycles. The van der Waals surface area contributed by atoms with Crippen molar-refractivity contribution < 1.29 is 19.7 Å². The molecule has 13 rings (SSSR count). The van der Waals surface area contributed by atoms with Gasteiger partial charge in [-0.25, -0.2) is 0 Å². The van der Waals surface area contributed by atoms with Crippen LogP contribution < -0.4 is 5.32 Å². The molecule has 3 aliphatic heterocycles. The van der Waals surface area contributed by atoms with Gasteiger partial charge in [0.05, 0.1) is 35.6 Å². The summed E-state index contributed by atoms with van der Waals surface area (Å²) < 4.78 is 14.3. The number of allylic oxidation sites excluding steroid dienone is 3. The maximum atomic E-state index is 10.3. The number of nitrogens with one attached hydrogen (secondary N) is 1. The highest BCUT2D eigenvalue weighted by Gasteiger charge is 2.84. The molecule has 0 aromatic heterocycles. The maximum Gasteiger partial charge on any atom is 0.0937 e. The Balaban J connectivity index is 0.000000131. The van der Waals surface area contributed by atoms with Crippen molar-refractivity contribution in [3.8, 4) is 0 Å².